The molecular formula is C14H18N4S2. The lowest BCUT2D eigenvalue weighted by Crippen LogP contribution is -2.14. The maximum Gasteiger partial charge on any atom is 0.107 e. The van der Waals surface area contributed by atoms with Crippen molar-refractivity contribution in [3.63, 3.8) is 0 Å². The first-order chi connectivity index (χ1) is 9.61. The fourth-order valence-corrected chi connectivity index (χ4v) is 3.10. The predicted molar refractivity (Wildman–Crippen MR) is 89.3 cm³/mol. The van der Waals surface area contributed by atoms with Crippen molar-refractivity contribution in [1.29, 1.82) is 0 Å². The summed E-state index contributed by atoms with van der Waals surface area (Å²) in [5.41, 5.74) is 8.90. The fourth-order valence-electron chi connectivity index (χ4n) is 1.97. The van der Waals surface area contributed by atoms with Crippen molar-refractivity contribution in [3.05, 3.63) is 41.7 Å². The molecule has 106 valence electrons. The van der Waals surface area contributed by atoms with Crippen LogP contribution in [0.2, 0.25) is 0 Å². The minimum Gasteiger partial charge on any atom is -0.389 e. The van der Waals surface area contributed by atoms with E-state index in [2.05, 4.69) is 23.4 Å². The number of aryl methyl sites for hydroxylation is 1. The van der Waals surface area contributed by atoms with Crippen molar-refractivity contribution < 1.29 is 0 Å². The number of hydrogen-bond acceptors (Lipinski definition) is 4. The van der Waals surface area contributed by atoms with Gasteiger partial charge in [0.2, 0.25) is 0 Å². The summed E-state index contributed by atoms with van der Waals surface area (Å²) in [6.07, 6.45) is 3.83. The molecule has 0 aliphatic carbocycles. The van der Waals surface area contributed by atoms with Crippen LogP contribution in [0.25, 0.3) is 0 Å². The lowest BCUT2D eigenvalue weighted by atomic mass is 10.1. The molecule has 0 fully saturated rings. The van der Waals surface area contributed by atoms with E-state index in [1.807, 2.05) is 31.6 Å². The minimum atomic E-state index is 0.426. The number of nitrogens with zero attached hydrogens (tertiary/aromatic N) is 2. The number of rotatable bonds is 6. The molecule has 2 aromatic rings. The summed E-state index contributed by atoms with van der Waals surface area (Å²) in [5, 5.41) is 7.54. The van der Waals surface area contributed by atoms with E-state index in [1.165, 1.54) is 0 Å². The Kier molecular flexibility index (Phi) is 5.03. The molecular weight excluding hydrogens is 288 g/mol. The highest BCUT2D eigenvalue weighted by Crippen LogP contribution is 2.28. The summed E-state index contributed by atoms with van der Waals surface area (Å²) >= 11 is 6.94. The van der Waals surface area contributed by atoms with Gasteiger partial charge in [-0.2, -0.15) is 5.10 Å². The van der Waals surface area contributed by atoms with Gasteiger partial charge in [-0.05, 0) is 17.9 Å². The first-order valence-electron chi connectivity index (χ1n) is 6.38. The molecule has 0 atom stereocenters. The summed E-state index contributed by atoms with van der Waals surface area (Å²) in [7, 11) is 1.91. The first-order valence-corrected chi connectivity index (χ1v) is 7.78. The number of thioether (sulfide) groups is 1. The summed E-state index contributed by atoms with van der Waals surface area (Å²) < 4.78 is 1.79. The molecule has 6 heteroatoms. The zero-order chi connectivity index (χ0) is 14.5. The van der Waals surface area contributed by atoms with Crippen LogP contribution in [0.15, 0.2) is 35.5 Å². The van der Waals surface area contributed by atoms with Crippen LogP contribution in [-0.2, 0) is 13.6 Å². The molecule has 0 saturated carbocycles. The minimum absolute atomic E-state index is 0.426. The Balaban J connectivity index is 2.22. The normalized spacial score (nSPS) is 10.5. The van der Waals surface area contributed by atoms with Crippen molar-refractivity contribution >= 4 is 34.7 Å². The average molecular weight is 306 g/mol. The van der Waals surface area contributed by atoms with Gasteiger partial charge >= 0.3 is 0 Å². The number of nitrogens with two attached hydrogens (primary N) is 1. The van der Waals surface area contributed by atoms with Crippen molar-refractivity contribution in [2.75, 3.05) is 11.1 Å². The van der Waals surface area contributed by atoms with E-state index in [0.29, 0.717) is 11.5 Å². The van der Waals surface area contributed by atoms with E-state index in [9.17, 15) is 0 Å². The number of hydrogen-bond donors (Lipinski definition) is 2. The molecule has 0 saturated heterocycles. The van der Waals surface area contributed by atoms with Gasteiger partial charge < -0.3 is 11.1 Å². The molecule has 0 unspecified atom stereocenters. The largest absolute Gasteiger partial charge is 0.389 e. The zero-order valence-electron chi connectivity index (χ0n) is 11.6. The molecule has 4 nitrogen and oxygen atoms in total. The van der Waals surface area contributed by atoms with Crippen molar-refractivity contribution in [1.82, 2.24) is 9.78 Å². The number of anilines is 1. The quantitative estimate of drug-likeness (QED) is 0.635. The number of aromatic nitrogens is 2. The second kappa shape index (κ2) is 6.76. The van der Waals surface area contributed by atoms with Crippen LogP contribution in [0, 0.1) is 0 Å². The van der Waals surface area contributed by atoms with Gasteiger partial charge in [-0.15, -0.1) is 11.8 Å². The van der Waals surface area contributed by atoms with Gasteiger partial charge in [-0.1, -0.05) is 25.2 Å². The topological polar surface area (TPSA) is 55.9 Å². The van der Waals surface area contributed by atoms with Crippen LogP contribution < -0.4 is 11.1 Å². The summed E-state index contributed by atoms with van der Waals surface area (Å²) in [6.45, 7) is 2.81. The molecule has 0 radical (unpaired) electrons. The van der Waals surface area contributed by atoms with Crippen LogP contribution in [0.5, 0.6) is 0 Å². The summed E-state index contributed by atoms with van der Waals surface area (Å²) in [4.78, 5) is 1.55. The van der Waals surface area contributed by atoms with Crippen molar-refractivity contribution in [2.45, 2.75) is 18.4 Å². The van der Waals surface area contributed by atoms with Gasteiger partial charge in [0.15, 0.2) is 0 Å². The predicted octanol–water partition coefficient (Wildman–Crippen LogP) is 2.78. The van der Waals surface area contributed by atoms with E-state index in [4.69, 9.17) is 18.0 Å². The second-order valence-electron chi connectivity index (χ2n) is 4.35. The van der Waals surface area contributed by atoms with E-state index >= 15 is 0 Å². The maximum absolute atomic E-state index is 5.88. The first kappa shape index (κ1) is 14.9. The van der Waals surface area contributed by atoms with Gasteiger partial charge in [0, 0.05) is 41.5 Å². The third kappa shape index (κ3) is 3.52. The second-order valence-corrected chi connectivity index (χ2v) is 6.10. The summed E-state index contributed by atoms with van der Waals surface area (Å²) in [6, 6.07) is 6.08. The van der Waals surface area contributed by atoms with Crippen LogP contribution in [-0.4, -0.2) is 20.5 Å². The maximum atomic E-state index is 5.88. The van der Waals surface area contributed by atoms with Gasteiger partial charge in [0.25, 0.3) is 0 Å². The van der Waals surface area contributed by atoms with Gasteiger partial charge in [-0.3, -0.25) is 4.68 Å². The molecule has 0 aliphatic heterocycles. The van der Waals surface area contributed by atoms with Crippen LogP contribution in [0.1, 0.15) is 18.1 Å². The number of thiocarbonyl (C=S) groups is 1. The molecule has 0 aliphatic rings. The third-order valence-corrected chi connectivity index (χ3v) is 3.96. The molecule has 0 amide bonds. The van der Waals surface area contributed by atoms with Crippen LogP contribution >= 0.6 is 24.0 Å². The van der Waals surface area contributed by atoms with Crippen LogP contribution in [0.4, 0.5) is 5.69 Å². The Labute approximate surface area is 128 Å². The van der Waals surface area contributed by atoms with E-state index in [0.717, 1.165) is 27.5 Å². The van der Waals surface area contributed by atoms with Crippen molar-refractivity contribution in [3.8, 4) is 0 Å². The van der Waals surface area contributed by atoms with Gasteiger partial charge in [-0.25, -0.2) is 0 Å². The molecule has 2 rings (SSSR count). The van der Waals surface area contributed by atoms with E-state index in [-0.39, 0.29) is 0 Å². The fraction of sp³-hybridized carbons (Fsp3) is 0.286. The molecule has 0 spiro atoms. The van der Waals surface area contributed by atoms with Gasteiger partial charge in [0.1, 0.15) is 4.99 Å². The Hall–Kier alpha value is -1.53. The molecule has 1 heterocycles. The highest BCUT2D eigenvalue weighted by Gasteiger charge is 2.11. The number of nitrogens with one attached hydrogen (secondary N) is 1. The lowest BCUT2D eigenvalue weighted by Gasteiger charge is -2.14. The Morgan fingerprint density at radius 1 is 1.50 bits per heavy atom. The van der Waals surface area contributed by atoms with Crippen molar-refractivity contribution in [2.24, 2.45) is 12.8 Å². The Bertz CT molecular complexity index is 607. The average Bonchev–Trinajstić information content (AvgIpc) is 2.82. The molecule has 3 N–H and O–H groups in total. The Morgan fingerprint density at radius 3 is 2.90 bits per heavy atom. The monoisotopic (exact) mass is 306 g/mol. The SMILES string of the molecule is CCSc1cccc(NCc2cnn(C)c2)c1C(N)=S. The number of benzene rings is 1. The molecule has 1 aromatic heterocycles. The zero-order valence-corrected chi connectivity index (χ0v) is 13.2. The highest BCUT2D eigenvalue weighted by molar-refractivity contribution is 7.99. The lowest BCUT2D eigenvalue weighted by molar-refractivity contribution is 0.767. The standard InChI is InChI=1S/C14H18N4S2/c1-3-20-12-6-4-5-11(13(12)14(15)19)16-7-10-8-17-18(2)9-10/h4-6,8-9,16H,3,7H2,1-2H3,(H2,15,19). The van der Waals surface area contributed by atoms with E-state index in [1.54, 1.807) is 16.4 Å². The molecule has 1 aromatic carbocycles. The summed E-state index contributed by atoms with van der Waals surface area (Å²) in [5.74, 6) is 0.988. The Morgan fingerprint density at radius 2 is 2.30 bits per heavy atom. The smallest absolute Gasteiger partial charge is 0.107 e. The van der Waals surface area contributed by atoms with E-state index < -0.39 is 0 Å². The third-order valence-electron chi connectivity index (χ3n) is 2.81. The van der Waals surface area contributed by atoms with Gasteiger partial charge in [0.05, 0.1) is 6.20 Å². The molecule has 0 bridgehead atoms. The highest BCUT2D eigenvalue weighted by atomic mass is 32.2. The molecule has 20 heavy (non-hydrogen) atoms. The van der Waals surface area contributed by atoms with Crippen LogP contribution in [0.3, 0.4) is 0 Å².